The molecule has 0 bridgehead atoms. The summed E-state index contributed by atoms with van der Waals surface area (Å²) in [6, 6.07) is 8.20. The molecule has 0 N–H and O–H groups in total. The molecule has 0 spiro atoms. The van der Waals surface area contributed by atoms with E-state index in [9.17, 15) is 0 Å². The van der Waals surface area contributed by atoms with E-state index in [0.717, 1.165) is 0 Å². The molecule has 0 aromatic heterocycles. The Morgan fingerprint density at radius 2 is 2.20 bits per heavy atom. The summed E-state index contributed by atoms with van der Waals surface area (Å²) in [5.74, 6) is 0.613. The van der Waals surface area contributed by atoms with Gasteiger partial charge in [0.1, 0.15) is 0 Å². The van der Waals surface area contributed by atoms with Crippen molar-refractivity contribution in [3.8, 4) is 0 Å². The van der Waals surface area contributed by atoms with E-state index in [-0.39, 0.29) is 25.9 Å². The van der Waals surface area contributed by atoms with E-state index >= 15 is 0 Å². The van der Waals surface area contributed by atoms with Crippen LogP contribution in [0, 0.1) is 6.92 Å². The molecule has 0 amide bonds. The number of rotatable bonds is 1. The summed E-state index contributed by atoms with van der Waals surface area (Å²) in [6.07, 6.45) is 0. The standard InChI is InChI=1S/C8H9Cl.Mg.2H/c1-7-3-2-4-8(5-7)6-9;;;/h2-5H,6H2,1H3;;;/q;+2;2*-1. The molecule has 0 nitrogen and oxygen atoms in total. The summed E-state index contributed by atoms with van der Waals surface area (Å²) in [4.78, 5) is 0. The van der Waals surface area contributed by atoms with Crippen LogP contribution in [0.2, 0.25) is 0 Å². The summed E-state index contributed by atoms with van der Waals surface area (Å²) >= 11 is 5.60. The van der Waals surface area contributed by atoms with E-state index < -0.39 is 0 Å². The first-order chi connectivity index (χ1) is 4.33. The van der Waals surface area contributed by atoms with Crippen molar-refractivity contribution < 1.29 is 2.85 Å². The number of hydrogen-bond acceptors (Lipinski definition) is 0. The van der Waals surface area contributed by atoms with Crippen molar-refractivity contribution in [1.29, 1.82) is 0 Å². The smallest absolute Gasteiger partial charge is 1.00 e. The molecule has 0 radical (unpaired) electrons. The molecule has 1 rings (SSSR count). The van der Waals surface area contributed by atoms with Crippen LogP contribution in [0.4, 0.5) is 0 Å². The maximum absolute atomic E-state index is 5.60. The van der Waals surface area contributed by atoms with Gasteiger partial charge in [-0.05, 0) is 12.5 Å². The summed E-state index contributed by atoms with van der Waals surface area (Å²) < 4.78 is 0. The predicted octanol–water partition coefficient (Wildman–Crippen LogP) is 2.58. The average Bonchev–Trinajstić information content (AvgIpc) is 1.88. The third-order valence-electron chi connectivity index (χ3n) is 1.24. The normalized spacial score (nSPS) is 8.60. The molecule has 0 aliphatic heterocycles. The second-order valence-electron chi connectivity index (χ2n) is 2.12. The third-order valence-corrected chi connectivity index (χ3v) is 1.55. The van der Waals surface area contributed by atoms with Gasteiger partial charge >= 0.3 is 23.1 Å². The second kappa shape index (κ2) is 5.00. The molecule has 1 aromatic rings. The first-order valence-corrected chi connectivity index (χ1v) is 3.48. The molecule has 0 aliphatic carbocycles. The van der Waals surface area contributed by atoms with E-state index in [1.165, 1.54) is 11.1 Å². The molecule has 0 unspecified atom stereocenters. The molecule has 0 saturated carbocycles. The van der Waals surface area contributed by atoms with Crippen LogP contribution in [-0.2, 0) is 5.88 Å². The van der Waals surface area contributed by atoms with Crippen molar-refractivity contribution in [3.05, 3.63) is 35.4 Å². The van der Waals surface area contributed by atoms with Gasteiger partial charge in [-0.1, -0.05) is 29.8 Å². The molecule has 0 saturated heterocycles. The van der Waals surface area contributed by atoms with E-state index in [2.05, 4.69) is 19.1 Å². The molecule has 52 valence electrons. The topological polar surface area (TPSA) is 0 Å². The van der Waals surface area contributed by atoms with Crippen LogP contribution < -0.4 is 0 Å². The van der Waals surface area contributed by atoms with Crippen LogP contribution in [0.5, 0.6) is 0 Å². The zero-order chi connectivity index (χ0) is 6.69. The number of benzene rings is 1. The Bertz CT molecular complexity index is 206. The first kappa shape index (κ1) is 10.3. The quantitative estimate of drug-likeness (QED) is 0.445. The number of halogens is 1. The summed E-state index contributed by atoms with van der Waals surface area (Å²) in [6.45, 7) is 2.07. The maximum Gasteiger partial charge on any atom is 2.00 e. The number of aryl methyl sites for hydroxylation is 1. The minimum Gasteiger partial charge on any atom is -1.00 e. The van der Waals surface area contributed by atoms with Crippen molar-refractivity contribution in [3.63, 3.8) is 0 Å². The van der Waals surface area contributed by atoms with Crippen molar-refractivity contribution in [2.24, 2.45) is 0 Å². The minimum atomic E-state index is 0. The molecular weight excluding hydrogens is 156 g/mol. The Hall–Kier alpha value is 0.276. The molecule has 0 aliphatic rings. The van der Waals surface area contributed by atoms with Gasteiger partial charge in [0.25, 0.3) is 0 Å². The van der Waals surface area contributed by atoms with Crippen molar-refractivity contribution >= 4 is 34.7 Å². The van der Waals surface area contributed by atoms with Gasteiger partial charge in [-0.3, -0.25) is 0 Å². The Labute approximate surface area is 85.7 Å². The zero-order valence-electron chi connectivity index (χ0n) is 8.10. The SMILES string of the molecule is Cc1cccc(CCl)c1.[H-].[H-].[Mg+2]. The first-order valence-electron chi connectivity index (χ1n) is 2.94. The predicted molar refractivity (Wildman–Crippen MR) is 48.7 cm³/mol. The minimum absolute atomic E-state index is 0. The van der Waals surface area contributed by atoms with Gasteiger partial charge in [0.2, 0.25) is 0 Å². The fourth-order valence-corrected chi connectivity index (χ4v) is 0.962. The van der Waals surface area contributed by atoms with Crippen LogP contribution >= 0.6 is 11.6 Å². The fourth-order valence-electron chi connectivity index (χ4n) is 0.795. The van der Waals surface area contributed by atoms with Crippen LogP contribution in [-0.4, -0.2) is 23.1 Å². The molecule has 2 heteroatoms. The largest absolute Gasteiger partial charge is 2.00 e. The summed E-state index contributed by atoms with van der Waals surface area (Å²) in [7, 11) is 0. The molecule has 0 fully saturated rings. The van der Waals surface area contributed by atoms with Gasteiger partial charge in [-0.25, -0.2) is 0 Å². The number of hydrogen-bond donors (Lipinski definition) is 0. The van der Waals surface area contributed by atoms with Gasteiger partial charge in [0.15, 0.2) is 0 Å². The fraction of sp³-hybridized carbons (Fsp3) is 0.250. The maximum atomic E-state index is 5.60. The Morgan fingerprint density at radius 1 is 1.50 bits per heavy atom. The number of alkyl halides is 1. The van der Waals surface area contributed by atoms with Crippen molar-refractivity contribution in [2.75, 3.05) is 0 Å². The monoisotopic (exact) mass is 166 g/mol. The summed E-state index contributed by atoms with van der Waals surface area (Å²) in [5.41, 5.74) is 2.46. The molecular formula is C8H11ClMg. The van der Waals surface area contributed by atoms with E-state index in [1.54, 1.807) is 0 Å². The van der Waals surface area contributed by atoms with Crippen LogP contribution in [0.3, 0.4) is 0 Å². The van der Waals surface area contributed by atoms with E-state index in [1.807, 2.05) is 12.1 Å². The summed E-state index contributed by atoms with van der Waals surface area (Å²) in [5, 5.41) is 0. The van der Waals surface area contributed by atoms with E-state index in [4.69, 9.17) is 11.6 Å². The van der Waals surface area contributed by atoms with Crippen LogP contribution in [0.25, 0.3) is 0 Å². The molecule has 1 aromatic carbocycles. The van der Waals surface area contributed by atoms with Gasteiger partial charge in [-0.15, -0.1) is 11.6 Å². The van der Waals surface area contributed by atoms with Crippen molar-refractivity contribution in [2.45, 2.75) is 12.8 Å². The second-order valence-corrected chi connectivity index (χ2v) is 2.39. The molecule has 10 heavy (non-hydrogen) atoms. The Morgan fingerprint density at radius 3 is 2.60 bits per heavy atom. The third kappa shape index (κ3) is 2.91. The average molecular weight is 167 g/mol. The van der Waals surface area contributed by atoms with Crippen LogP contribution in [0.1, 0.15) is 14.0 Å². The van der Waals surface area contributed by atoms with Gasteiger partial charge in [0.05, 0.1) is 0 Å². The Kier molecular flexibility index (Phi) is 5.14. The molecule has 0 heterocycles. The van der Waals surface area contributed by atoms with Crippen molar-refractivity contribution in [1.82, 2.24) is 0 Å². The Balaban J connectivity index is -0.000000270. The van der Waals surface area contributed by atoms with Gasteiger partial charge < -0.3 is 2.85 Å². The van der Waals surface area contributed by atoms with Gasteiger partial charge in [0, 0.05) is 5.88 Å². The molecule has 0 atom stereocenters. The zero-order valence-corrected chi connectivity index (χ0v) is 8.27. The van der Waals surface area contributed by atoms with E-state index in [0.29, 0.717) is 5.88 Å². The van der Waals surface area contributed by atoms with Crippen LogP contribution in [0.15, 0.2) is 24.3 Å². The van der Waals surface area contributed by atoms with Gasteiger partial charge in [-0.2, -0.15) is 0 Å².